The van der Waals surface area contributed by atoms with Crippen molar-refractivity contribution in [3.05, 3.63) is 29.3 Å². The predicted molar refractivity (Wildman–Crippen MR) is 70.3 cm³/mol. The lowest BCUT2D eigenvalue weighted by Crippen LogP contribution is -2.04. The minimum atomic E-state index is -0.478. The molecule has 1 aromatic carbocycles. The van der Waals surface area contributed by atoms with Crippen molar-refractivity contribution in [2.75, 3.05) is 18.1 Å². The van der Waals surface area contributed by atoms with Crippen LogP contribution in [0.2, 0.25) is 0 Å². The van der Waals surface area contributed by atoms with Crippen LogP contribution in [0, 0.1) is 6.92 Å². The standard InChI is InChI=1S/C13H20O2S/c1-4-16-8-7-15-13-6-5-10(2)9-12(13)11(3)14/h5-6,9,11,14H,4,7-8H2,1-3H3/t11-/m0/s1. The van der Waals surface area contributed by atoms with Crippen LogP contribution in [0.4, 0.5) is 0 Å². The number of aliphatic hydroxyl groups is 1. The molecule has 0 radical (unpaired) electrons. The minimum Gasteiger partial charge on any atom is -0.492 e. The van der Waals surface area contributed by atoms with Gasteiger partial charge in [-0.2, -0.15) is 11.8 Å². The Kier molecular flexibility index (Phi) is 5.71. The van der Waals surface area contributed by atoms with E-state index in [-0.39, 0.29) is 0 Å². The molecule has 0 aliphatic carbocycles. The van der Waals surface area contributed by atoms with E-state index in [0.29, 0.717) is 6.61 Å². The Morgan fingerprint density at radius 3 is 2.81 bits per heavy atom. The van der Waals surface area contributed by atoms with Crippen LogP contribution in [-0.4, -0.2) is 23.2 Å². The van der Waals surface area contributed by atoms with E-state index in [9.17, 15) is 5.11 Å². The molecule has 0 fully saturated rings. The second-order valence-electron chi connectivity index (χ2n) is 3.76. The van der Waals surface area contributed by atoms with E-state index in [1.165, 1.54) is 0 Å². The van der Waals surface area contributed by atoms with Crippen molar-refractivity contribution in [3.63, 3.8) is 0 Å². The van der Waals surface area contributed by atoms with Gasteiger partial charge in [-0.3, -0.25) is 0 Å². The zero-order valence-electron chi connectivity index (χ0n) is 10.2. The molecule has 0 aliphatic rings. The van der Waals surface area contributed by atoms with Crippen molar-refractivity contribution in [2.45, 2.75) is 26.9 Å². The fraction of sp³-hybridized carbons (Fsp3) is 0.538. The van der Waals surface area contributed by atoms with Crippen LogP contribution < -0.4 is 4.74 Å². The van der Waals surface area contributed by atoms with Crippen molar-refractivity contribution in [1.82, 2.24) is 0 Å². The maximum Gasteiger partial charge on any atom is 0.125 e. The molecule has 1 atom stereocenters. The summed E-state index contributed by atoms with van der Waals surface area (Å²) < 4.78 is 5.67. The summed E-state index contributed by atoms with van der Waals surface area (Å²) in [6.07, 6.45) is -0.478. The van der Waals surface area contributed by atoms with Gasteiger partial charge in [0.25, 0.3) is 0 Å². The molecule has 0 bridgehead atoms. The van der Waals surface area contributed by atoms with E-state index in [1.54, 1.807) is 6.92 Å². The molecule has 0 amide bonds. The van der Waals surface area contributed by atoms with Crippen molar-refractivity contribution < 1.29 is 9.84 Å². The van der Waals surface area contributed by atoms with Crippen LogP contribution in [0.1, 0.15) is 31.1 Å². The average molecular weight is 240 g/mol. The number of rotatable bonds is 6. The molecule has 1 N–H and O–H groups in total. The van der Waals surface area contributed by atoms with Crippen molar-refractivity contribution in [2.24, 2.45) is 0 Å². The summed E-state index contributed by atoms with van der Waals surface area (Å²) in [6.45, 7) is 6.62. The molecule has 0 spiro atoms. The number of hydrogen-bond acceptors (Lipinski definition) is 3. The van der Waals surface area contributed by atoms with Crippen LogP contribution in [0.5, 0.6) is 5.75 Å². The highest BCUT2D eigenvalue weighted by molar-refractivity contribution is 7.99. The zero-order chi connectivity index (χ0) is 12.0. The lowest BCUT2D eigenvalue weighted by molar-refractivity contribution is 0.192. The summed E-state index contributed by atoms with van der Waals surface area (Å²) in [6, 6.07) is 5.93. The molecular formula is C13H20O2S. The summed E-state index contributed by atoms with van der Waals surface area (Å²) in [5, 5.41) is 9.65. The number of aliphatic hydroxyl groups excluding tert-OH is 1. The highest BCUT2D eigenvalue weighted by Gasteiger charge is 2.09. The van der Waals surface area contributed by atoms with Gasteiger partial charge in [0.05, 0.1) is 12.7 Å². The number of benzene rings is 1. The number of aryl methyl sites for hydroxylation is 1. The summed E-state index contributed by atoms with van der Waals surface area (Å²) in [7, 11) is 0. The van der Waals surface area contributed by atoms with E-state index < -0.39 is 6.10 Å². The smallest absolute Gasteiger partial charge is 0.125 e. The van der Waals surface area contributed by atoms with Crippen LogP contribution in [0.3, 0.4) is 0 Å². The zero-order valence-corrected chi connectivity index (χ0v) is 11.0. The molecule has 1 aromatic rings. The van der Waals surface area contributed by atoms with Gasteiger partial charge < -0.3 is 9.84 Å². The number of ether oxygens (including phenoxy) is 1. The summed E-state index contributed by atoms with van der Waals surface area (Å²) in [5.41, 5.74) is 2.02. The van der Waals surface area contributed by atoms with Crippen LogP contribution >= 0.6 is 11.8 Å². The molecular weight excluding hydrogens is 220 g/mol. The van der Waals surface area contributed by atoms with Gasteiger partial charge in [-0.05, 0) is 31.7 Å². The molecule has 0 saturated heterocycles. The largest absolute Gasteiger partial charge is 0.492 e. The average Bonchev–Trinajstić information content (AvgIpc) is 2.26. The van der Waals surface area contributed by atoms with Crippen molar-refractivity contribution in [1.29, 1.82) is 0 Å². The number of thioether (sulfide) groups is 1. The highest BCUT2D eigenvalue weighted by Crippen LogP contribution is 2.26. The van der Waals surface area contributed by atoms with E-state index in [1.807, 2.05) is 36.9 Å². The SMILES string of the molecule is CCSCCOc1ccc(C)cc1[C@H](C)O. The minimum absolute atomic E-state index is 0.478. The van der Waals surface area contributed by atoms with Gasteiger partial charge in [0.1, 0.15) is 5.75 Å². The summed E-state index contributed by atoms with van der Waals surface area (Å²) in [5.74, 6) is 2.90. The Morgan fingerprint density at radius 1 is 1.44 bits per heavy atom. The summed E-state index contributed by atoms with van der Waals surface area (Å²) >= 11 is 1.86. The van der Waals surface area contributed by atoms with Gasteiger partial charge in [0.15, 0.2) is 0 Å². The molecule has 1 rings (SSSR count). The topological polar surface area (TPSA) is 29.5 Å². The Balaban J connectivity index is 2.64. The van der Waals surface area contributed by atoms with Crippen LogP contribution in [0.25, 0.3) is 0 Å². The first-order chi connectivity index (χ1) is 7.65. The maximum atomic E-state index is 9.65. The Bertz CT molecular complexity index is 324. The van der Waals surface area contributed by atoms with Crippen molar-refractivity contribution in [3.8, 4) is 5.75 Å². The predicted octanol–water partition coefficient (Wildman–Crippen LogP) is 3.18. The van der Waals surface area contributed by atoms with Gasteiger partial charge >= 0.3 is 0 Å². The van der Waals surface area contributed by atoms with Gasteiger partial charge in [0, 0.05) is 11.3 Å². The molecule has 2 nitrogen and oxygen atoms in total. The van der Waals surface area contributed by atoms with Crippen molar-refractivity contribution >= 4 is 11.8 Å². The lowest BCUT2D eigenvalue weighted by atomic mass is 10.1. The maximum absolute atomic E-state index is 9.65. The Hall–Kier alpha value is -0.670. The van der Waals surface area contributed by atoms with Crippen LogP contribution in [0.15, 0.2) is 18.2 Å². The third-order valence-electron chi connectivity index (χ3n) is 2.30. The third kappa shape index (κ3) is 4.06. The molecule has 0 aliphatic heterocycles. The lowest BCUT2D eigenvalue weighted by Gasteiger charge is -2.14. The van der Waals surface area contributed by atoms with E-state index in [2.05, 4.69) is 6.92 Å². The quantitative estimate of drug-likeness (QED) is 0.774. The second kappa shape index (κ2) is 6.81. The van der Waals surface area contributed by atoms with Gasteiger partial charge in [-0.15, -0.1) is 0 Å². The first-order valence-corrected chi connectivity index (χ1v) is 6.79. The molecule has 0 saturated carbocycles. The van der Waals surface area contributed by atoms with E-state index in [4.69, 9.17) is 4.74 Å². The molecule has 0 unspecified atom stereocenters. The third-order valence-corrected chi connectivity index (χ3v) is 3.17. The molecule has 90 valence electrons. The Morgan fingerprint density at radius 2 is 2.19 bits per heavy atom. The highest BCUT2D eigenvalue weighted by atomic mass is 32.2. The molecule has 3 heteroatoms. The first-order valence-electron chi connectivity index (χ1n) is 5.64. The van der Waals surface area contributed by atoms with Gasteiger partial charge in [-0.1, -0.05) is 18.6 Å². The monoisotopic (exact) mass is 240 g/mol. The van der Waals surface area contributed by atoms with Crippen LogP contribution in [-0.2, 0) is 0 Å². The number of hydrogen-bond donors (Lipinski definition) is 1. The fourth-order valence-corrected chi connectivity index (χ4v) is 1.97. The van der Waals surface area contributed by atoms with Gasteiger partial charge in [-0.25, -0.2) is 0 Å². The molecule has 16 heavy (non-hydrogen) atoms. The Labute approximate surface area is 102 Å². The van der Waals surface area contributed by atoms with Gasteiger partial charge in [0.2, 0.25) is 0 Å². The van der Waals surface area contributed by atoms with E-state index in [0.717, 1.165) is 28.4 Å². The first kappa shape index (κ1) is 13.4. The van der Waals surface area contributed by atoms with E-state index >= 15 is 0 Å². The normalized spacial score (nSPS) is 12.5. The molecule has 0 aromatic heterocycles. The fourth-order valence-electron chi connectivity index (χ4n) is 1.48. The summed E-state index contributed by atoms with van der Waals surface area (Å²) in [4.78, 5) is 0. The second-order valence-corrected chi connectivity index (χ2v) is 5.16. The molecule has 0 heterocycles.